The summed E-state index contributed by atoms with van der Waals surface area (Å²) in [5, 5.41) is 0. The number of methoxy groups -OCH3 is 1. The number of ether oxygens (including phenoxy) is 11. The third-order valence-corrected chi connectivity index (χ3v) is 14.1. The Morgan fingerprint density at radius 2 is 0.565 bits per heavy atom. The van der Waals surface area contributed by atoms with E-state index in [2.05, 4.69) is 33.1 Å². The average Bonchev–Trinajstić information content (AvgIpc) is 3.01. The molecule has 46 heavy (non-hydrogen) atoms. The third kappa shape index (κ3) is 36.8. The van der Waals surface area contributed by atoms with Gasteiger partial charge in [0.2, 0.25) is 0 Å². The van der Waals surface area contributed by atoms with Gasteiger partial charge in [0.25, 0.3) is 0 Å². The second-order valence-corrected chi connectivity index (χ2v) is 20.8. The van der Waals surface area contributed by atoms with E-state index in [0.717, 1.165) is 19.1 Å². The largest absolute Gasteiger partial charge is 0.455 e. The molecule has 0 aromatic carbocycles. The normalized spacial score (nSPS) is 12.4. The number of rotatable bonds is 39. The molecule has 0 heterocycles. The molecule has 0 aliphatic carbocycles. The fourth-order valence-corrected chi connectivity index (χ4v) is 13.3. The SMILES string of the molecule is CCCC[Si](C)(C)O[Si](C)(C)CCCOCCOCCOCCOCCOCCOCCOCCOCCOCCOCCOC. The van der Waals surface area contributed by atoms with Crippen molar-refractivity contribution in [1.82, 2.24) is 0 Å². The molecule has 0 saturated carbocycles. The van der Waals surface area contributed by atoms with Gasteiger partial charge in [-0.25, -0.2) is 0 Å². The van der Waals surface area contributed by atoms with E-state index in [1.807, 2.05) is 0 Å². The second kappa shape index (κ2) is 34.8. The molecular weight excluding hydrogens is 633 g/mol. The molecule has 0 amide bonds. The first-order chi connectivity index (χ1) is 22.3. The van der Waals surface area contributed by atoms with Crippen LogP contribution in [0, 0.1) is 0 Å². The highest BCUT2D eigenvalue weighted by atomic mass is 28.4. The first kappa shape index (κ1) is 46.0. The van der Waals surface area contributed by atoms with Crippen LogP contribution in [0.5, 0.6) is 0 Å². The smallest absolute Gasteiger partial charge is 0.173 e. The van der Waals surface area contributed by atoms with Crippen molar-refractivity contribution in [2.45, 2.75) is 64.5 Å². The van der Waals surface area contributed by atoms with Gasteiger partial charge in [-0.2, -0.15) is 0 Å². The van der Waals surface area contributed by atoms with Gasteiger partial charge in [-0.1, -0.05) is 19.8 Å². The van der Waals surface area contributed by atoms with Crippen molar-refractivity contribution in [3.05, 3.63) is 0 Å². The van der Waals surface area contributed by atoms with Crippen LogP contribution in [0.3, 0.4) is 0 Å². The summed E-state index contributed by atoms with van der Waals surface area (Å²) >= 11 is 0. The van der Waals surface area contributed by atoms with Crippen molar-refractivity contribution in [3.63, 3.8) is 0 Å². The number of unbranched alkanes of at least 4 members (excludes halogenated alkanes) is 1. The Bertz CT molecular complexity index is 605. The van der Waals surface area contributed by atoms with Gasteiger partial charge in [-0.3, -0.25) is 0 Å². The van der Waals surface area contributed by atoms with Crippen LogP contribution in [0.1, 0.15) is 26.2 Å². The highest BCUT2D eigenvalue weighted by Gasteiger charge is 2.32. The minimum Gasteiger partial charge on any atom is -0.455 e. The summed E-state index contributed by atoms with van der Waals surface area (Å²) in [6, 6.07) is 2.41. The van der Waals surface area contributed by atoms with E-state index in [-0.39, 0.29) is 0 Å². The van der Waals surface area contributed by atoms with Crippen LogP contribution in [0.2, 0.25) is 38.3 Å². The van der Waals surface area contributed by atoms with Gasteiger partial charge in [0.05, 0.1) is 132 Å². The molecule has 0 N–H and O–H groups in total. The standard InChI is InChI=1S/C32H70O12Si2/c1-7-8-31-45(3,4)44-46(5,6)32-9-10-34-13-14-36-17-18-38-21-22-40-25-26-42-29-30-43-28-27-41-24-23-39-20-19-37-16-15-35-12-11-33-2/h7-32H2,1-6H3. The molecule has 0 atom stereocenters. The molecule has 12 nitrogen and oxygen atoms in total. The summed E-state index contributed by atoms with van der Waals surface area (Å²) in [5.74, 6) is 0. The maximum Gasteiger partial charge on any atom is 0.173 e. The molecule has 0 saturated heterocycles. The molecule has 0 bridgehead atoms. The fraction of sp³-hybridized carbons (Fsp3) is 1.00. The summed E-state index contributed by atoms with van der Waals surface area (Å²) < 4.78 is 66.5. The van der Waals surface area contributed by atoms with Crippen LogP contribution in [0.4, 0.5) is 0 Å². The highest BCUT2D eigenvalue weighted by Crippen LogP contribution is 2.24. The predicted octanol–water partition coefficient (Wildman–Crippen LogP) is 4.42. The summed E-state index contributed by atoms with van der Waals surface area (Å²) in [6.45, 7) is 23.4. The van der Waals surface area contributed by atoms with Crippen LogP contribution >= 0.6 is 0 Å². The fourth-order valence-electron chi connectivity index (χ4n) is 4.28. The Hall–Kier alpha value is -0.0462. The topological polar surface area (TPSA) is 111 Å². The molecule has 14 heteroatoms. The van der Waals surface area contributed by atoms with Crippen molar-refractivity contribution in [1.29, 1.82) is 0 Å². The Morgan fingerprint density at radius 3 is 0.826 bits per heavy atom. The second-order valence-electron chi connectivity index (χ2n) is 11.9. The molecule has 0 fully saturated rings. The summed E-state index contributed by atoms with van der Waals surface area (Å²) in [4.78, 5) is 0. The molecule has 0 aliphatic heterocycles. The van der Waals surface area contributed by atoms with Gasteiger partial charge >= 0.3 is 0 Å². The van der Waals surface area contributed by atoms with E-state index in [0.29, 0.717) is 132 Å². The minimum absolute atomic E-state index is 0.522. The zero-order valence-corrected chi connectivity index (χ0v) is 32.3. The lowest BCUT2D eigenvalue weighted by Gasteiger charge is -2.34. The molecule has 0 aliphatic rings. The lowest BCUT2D eigenvalue weighted by Crippen LogP contribution is -2.44. The van der Waals surface area contributed by atoms with Crippen LogP contribution in [-0.2, 0) is 56.2 Å². The Morgan fingerprint density at radius 1 is 0.326 bits per heavy atom. The highest BCUT2D eigenvalue weighted by molar-refractivity contribution is 6.84. The average molecular weight is 703 g/mol. The first-order valence-corrected chi connectivity index (χ1v) is 23.5. The van der Waals surface area contributed by atoms with E-state index < -0.39 is 16.6 Å². The van der Waals surface area contributed by atoms with Crippen LogP contribution in [0.25, 0.3) is 0 Å². The van der Waals surface area contributed by atoms with Crippen molar-refractivity contribution in [3.8, 4) is 0 Å². The van der Waals surface area contributed by atoms with Gasteiger partial charge in [0.1, 0.15) is 0 Å². The molecular formula is C32H70O12Si2. The first-order valence-electron chi connectivity index (χ1n) is 17.3. The van der Waals surface area contributed by atoms with Crippen molar-refractivity contribution in [2.24, 2.45) is 0 Å². The summed E-state index contributed by atoms with van der Waals surface area (Å²) in [6.07, 6.45) is 3.58. The van der Waals surface area contributed by atoms with E-state index >= 15 is 0 Å². The van der Waals surface area contributed by atoms with E-state index in [1.165, 1.54) is 18.9 Å². The monoisotopic (exact) mass is 702 g/mol. The van der Waals surface area contributed by atoms with Crippen molar-refractivity contribution < 1.29 is 56.2 Å². The zero-order chi connectivity index (χ0) is 33.9. The number of hydrogen-bond acceptors (Lipinski definition) is 12. The van der Waals surface area contributed by atoms with Gasteiger partial charge in [-0.15, -0.1) is 0 Å². The molecule has 0 radical (unpaired) electrons. The molecule has 0 aromatic heterocycles. The Labute approximate surface area is 282 Å². The lowest BCUT2D eigenvalue weighted by atomic mass is 10.4. The van der Waals surface area contributed by atoms with Gasteiger partial charge in [0.15, 0.2) is 16.6 Å². The molecule has 278 valence electrons. The van der Waals surface area contributed by atoms with Crippen LogP contribution in [0.15, 0.2) is 0 Å². The molecule has 0 rings (SSSR count). The van der Waals surface area contributed by atoms with Crippen molar-refractivity contribution >= 4 is 16.6 Å². The van der Waals surface area contributed by atoms with Gasteiger partial charge in [0, 0.05) is 13.7 Å². The van der Waals surface area contributed by atoms with Gasteiger partial charge in [-0.05, 0) is 44.7 Å². The lowest BCUT2D eigenvalue weighted by molar-refractivity contribution is -0.0270. The summed E-state index contributed by atoms with van der Waals surface area (Å²) in [5.41, 5.74) is 0. The zero-order valence-electron chi connectivity index (χ0n) is 30.3. The van der Waals surface area contributed by atoms with Crippen LogP contribution in [-0.4, -0.2) is 162 Å². The molecule has 0 spiro atoms. The molecule has 0 aromatic rings. The van der Waals surface area contributed by atoms with Crippen molar-refractivity contribution in [2.75, 3.05) is 146 Å². The maximum absolute atomic E-state index is 6.65. The van der Waals surface area contributed by atoms with E-state index in [4.69, 9.17) is 56.2 Å². The van der Waals surface area contributed by atoms with Crippen LogP contribution < -0.4 is 0 Å². The maximum atomic E-state index is 6.65. The summed E-state index contributed by atoms with van der Waals surface area (Å²) in [7, 11) is -1.49. The minimum atomic E-state index is -1.61. The van der Waals surface area contributed by atoms with E-state index in [9.17, 15) is 0 Å². The Balaban J connectivity index is 3.21. The predicted molar refractivity (Wildman–Crippen MR) is 185 cm³/mol. The Kier molecular flexibility index (Phi) is 34.8. The van der Waals surface area contributed by atoms with E-state index in [1.54, 1.807) is 7.11 Å². The third-order valence-electron chi connectivity index (χ3n) is 6.53. The van der Waals surface area contributed by atoms with Gasteiger partial charge < -0.3 is 56.2 Å². The quantitative estimate of drug-likeness (QED) is 0.0669. The molecule has 0 unspecified atom stereocenters. The number of hydrogen-bond donors (Lipinski definition) is 0.